The first-order valence-electron chi connectivity index (χ1n) is 9.05. The number of carbonyl (C=O) groups is 1. The molecule has 4 aromatic heterocycles. The van der Waals surface area contributed by atoms with Gasteiger partial charge in [-0.2, -0.15) is 0 Å². The normalized spacial score (nSPS) is 11.6. The van der Waals surface area contributed by atoms with E-state index in [1.165, 1.54) is 23.3 Å². The number of esters is 1. The van der Waals surface area contributed by atoms with Gasteiger partial charge in [0.2, 0.25) is 0 Å². The zero-order chi connectivity index (χ0) is 21.7. The highest BCUT2D eigenvalue weighted by Gasteiger charge is 2.27. The van der Waals surface area contributed by atoms with E-state index in [0.717, 1.165) is 27.2 Å². The standard InChI is InChI=1S/C19H18N4O5S2/c1-9(2)23-16-13(15(24)21(3)18(23)26)12(17(25)28-4)11(29-16)8-22-10-6-5-7-20-14(10)30-19(22)27/h5-7,9H,8H2,1-4H3. The van der Waals surface area contributed by atoms with Crippen molar-refractivity contribution in [2.24, 2.45) is 7.05 Å². The van der Waals surface area contributed by atoms with E-state index in [-0.39, 0.29) is 28.4 Å². The number of pyridine rings is 1. The van der Waals surface area contributed by atoms with Crippen molar-refractivity contribution in [3.05, 3.63) is 59.3 Å². The number of aromatic nitrogens is 4. The van der Waals surface area contributed by atoms with E-state index in [2.05, 4.69) is 4.98 Å². The number of hydrogen-bond acceptors (Lipinski definition) is 8. The number of fused-ring (bicyclic) bond motifs is 2. The lowest BCUT2D eigenvalue weighted by Crippen LogP contribution is -2.38. The van der Waals surface area contributed by atoms with Crippen LogP contribution < -0.4 is 16.1 Å². The molecule has 156 valence electrons. The summed E-state index contributed by atoms with van der Waals surface area (Å²) in [5, 5.41) is 0.128. The number of methoxy groups -OCH3 is 1. The van der Waals surface area contributed by atoms with Crippen molar-refractivity contribution in [1.29, 1.82) is 0 Å². The van der Waals surface area contributed by atoms with Crippen LogP contribution in [0.5, 0.6) is 0 Å². The van der Waals surface area contributed by atoms with Crippen molar-refractivity contribution in [3.63, 3.8) is 0 Å². The van der Waals surface area contributed by atoms with Crippen LogP contribution in [0.2, 0.25) is 0 Å². The quantitative estimate of drug-likeness (QED) is 0.444. The van der Waals surface area contributed by atoms with Crippen molar-refractivity contribution in [3.8, 4) is 0 Å². The summed E-state index contributed by atoms with van der Waals surface area (Å²) >= 11 is 2.15. The number of thiazole rings is 1. The van der Waals surface area contributed by atoms with Gasteiger partial charge in [-0.3, -0.25) is 23.3 Å². The molecule has 4 rings (SSSR count). The van der Waals surface area contributed by atoms with Crippen molar-refractivity contribution in [2.45, 2.75) is 26.4 Å². The molecule has 4 aromatic rings. The summed E-state index contributed by atoms with van der Waals surface area (Å²) in [6.45, 7) is 3.71. The first kappa shape index (κ1) is 20.2. The average Bonchev–Trinajstić information content (AvgIpc) is 3.23. The van der Waals surface area contributed by atoms with Crippen LogP contribution in [0.3, 0.4) is 0 Å². The highest BCUT2D eigenvalue weighted by molar-refractivity contribution is 7.19. The molecule has 4 heterocycles. The van der Waals surface area contributed by atoms with Gasteiger partial charge in [0.25, 0.3) is 5.56 Å². The third kappa shape index (κ3) is 2.92. The first-order chi connectivity index (χ1) is 14.3. The van der Waals surface area contributed by atoms with Crippen LogP contribution in [0, 0.1) is 0 Å². The van der Waals surface area contributed by atoms with Crippen LogP contribution >= 0.6 is 22.7 Å². The Morgan fingerprint density at radius 1 is 1.23 bits per heavy atom. The molecule has 0 radical (unpaired) electrons. The maximum atomic E-state index is 12.9. The summed E-state index contributed by atoms with van der Waals surface area (Å²) in [5.74, 6) is -0.687. The Hall–Kier alpha value is -3.05. The molecule has 0 aliphatic carbocycles. The molecule has 0 unspecified atom stereocenters. The largest absolute Gasteiger partial charge is 0.465 e. The Balaban J connectivity index is 2.08. The fourth-order valence-electron chi connectivity index (χ4n) is 3.42. The molecule has 0 atom stereocenters. The highest BCUT2D eigenvalue weighted by Crippen LogP contribution is 2.31. The second kappa shape index (κ2) is 7.33. The summed E-state index contributed by atoms with van der Waals surface area (Å²) in [5.41, 5.74) is -0.314. The van der Waals surface area contributed by atoms with Crippen molar-refractivity contribution in [1.82, 2.24) is 18.7 Å². The zero-order valence-corrected chi connectivity index (χ0v) is 18.3. The second-order valence-corrected chi connectivity index (χ2v) is 8.99. The lowest BCUT2D eigenvalue weighted by atomic mass is 10.1. The van der Waals surface area contributed by atoms with Gasteiger partial charge in [0, 0.05) is 24.2 Å². The maximum absolute atomic E-state index is 12.9. The fourth-order valence-corrected chi connectivity index (χ4v) is 5.64. The smallest absolute Gasteiger partial charge is 0.339 e. The monoisotopic (exact) mass is 446 g/mol. The summed E-state index contributed by atoms with van der Waals surface area (Å²) in [6, 6.07) is 3.26. The van der Waals surface area contributed by atoms with Crippen LogP contribution in [0.25, 0.3) is 20.6 Å². The first-order valence-corrected chi connectivity index (χ1v) is 10.7. The Morgan fingerprint density at radius 3 is 2.63 bits per heavy atom. The molecule has 11 heteroatoms. The molecule has 0 saturated carbocycles. The van der Waals surface area contributed by atoms with Crippen LogP contribution in [0.1, 0.15) is 35.1 Å². The van der Waals surface area contributed by atoms with Gasteiger partial charge < -0.3 is 4.74 Å². The van der Waals surface area contributed by atoms with Gasteiger partial charge in [0.15, 0.2) is 0 Å². The number of rotatable bonds is 4. The molecule has 0 aliphatic heterocycles. The lowest BCUT2D eigenvalue weighted by Gasteiger charge is -2.12. The van der Waals surface area contributed by atoms with E-state index in [9.17, 15) is 19.2 Å². The second-order valence-electron chi connectivity index (χ2n) is 6.96. The van der Waals surface area contributed by atoms with Crippen molar-refractivity contribution < 1.29 is 9.53 Å². The van der Waals surface area contributed by atoms with Gasteiger partial charge in [0.05, 0.1) is 30.1 Å². The van der Waals surface area contributed by atoms with Crippen LogP contribution in [-0.4, -0.2) is 31.8 Å². The molecule has 0 fully saturated rings. The van der Waals surface area contributed by atoms with Crippen LogP contribution in [0.4, 0.5) is 0 Å². The minimum absolute atomic E-state index is 0.0593. The number of thiophene rings is 1. The minimum Gasteiger partial charge on any atom is -0.465 e. The van der Waals surface area contributed by atoms with Gasteiger partial charge in [-0.05, 0) is 26.0 Å². The predicted octanol–water partition coefficient (Wildman–Crippen LogP) is 1.95. The van der Waals surface area contributed by atoms with Gasteiger partial charge in [0.1, 0.15) is 9.66 Å². The molecule has 0 saturated heterocycles. The number of carbonyl (C=O) groups excluding carboxylic acids is 1. The molecular formula is C19H18N4O5S2. The summed E-state index contributed by atoms with van der Waals surface area (Å²) < 4.78 is 8.91. The van der Waals surface area contributed by atoms with Gasteiger partial charge >= 0.3 is 16.5 Å². The van der Waals surface area contributed by atoms with Crippen molar-refractivity contribution >= 4 is 49.2 Å². The Labute approximate surface area is 177 Å². The van der Waals surface area contributed by atoms with E-state index in [0.29, 0.717) is 20.1 Å². The van der Waals surface area contributed by atoms with Crippen LogP contribution in [0.15, 0.2) is 32.7 Å². The number of hydrogen-bond donors (Lipinski definition) is 0. The molecule has 0 bridgehead atoms. The minimum atomic E-state index is -0.687. The lowest BCUT2D eigenvalue weighted by molar-refractivity contribution is 0.0602. The predicted molar refractivity (Wildman–Crippen MR) is 116 cm³/mol. The summed E-state index contributed by atoms with van der Waals surface area (Å²) in [4.78, 5) is 56.3. The van der Waals surface area contributed by atoms with E-state index < -0.39 is 17.2 Å². The molecule has 0 aromatic carbocycles. The number of nitrogens with zero attached hydrogens (tertiary/aromatic N) is 4. The topological polar surface area (TPSA) is 105 Å². The molecule has 0 N–H and O–H groups in total. The molecular weight excluding hydrogens is 428 g/mol. The highest BCUT2D eigenvalue weighted by atomic mass is 32.1. The molecule has 0 spiro atoms. The Morgan fingerprint density at radius 2 is 1.97 bits per heavy atom. The summed E-state index contributed by atoms with van der Waals surface area (Å²) in [6.07, 6.45) is 1.60. The third-order valence-electron chi connectivity index (χ3n) is 4.85. The molecule has 9 nitrogen and oxygen atoms in total. The SMILES string of the molecule is COC(=O)c1c(Cn2c(=O)sc3ncccc32)sc2c1c(=O)n(C)c(=O)n2C(C)C. The van der Waals surface area contributed by atoms with Crippen LogP contribution in [-0.2, 0) is 18.3 Å². The molecule has 30 heavy (non-hydrogen) atoms. The third-order valence-corrected chi connectivity index (χ3v) is 6.92. The van der Waals surface area contributed by atoms with Gasteiger partial charge in [-0.15, -0.1) is 11.3 Å². The van der Waals surface area contributed by atoms with E-state index >= 15 is 0 Å². The fraction of sp³-hybridized carbons (Fsp3) is 0.316. The van der Waals surface area contributed by atoms with Gasteiger partial charge in [-0.25, -0.2) is 14.6 Å². The van der Waals surface area contributed by atoms with Gasteiger partial charge in [-0.1, -0.05) is 11.3 Å². The van der Waals surface area contributed by atoms with E-state index in [1.54, 1.807) is 18.3 Å². The Kier molecular flexibility index (Phi) is 4.94. The Bertz CT molecular complexity index is 1490. The zero-order valence-electron chi connectivity index (χ0n) is 16.7. The number of ether oxygens (including phenoxy) is 1. The average molecular weight is 447 g/mol. The van der Waals surface area contributed by atoms with E-state index in [4.69, 9.17) is 4.74 Å². The molecule has 0 aliphatic rings. The van der Waals surface area contributed by atoms with E-state index in [1.807, 2.05) is 13.8 Å². The van der Waals surface area contributed by atoms with Crippen molar-refractivity contribution in [2.75, 3.05) is 7.11 Å². The maximum Gasteiger partial charge on any atom is 0.339 e. The molecule has 0 amide bonds. The summed E-state index contributed by atoms with van der Waals surface area (Å²) in [7, 11) is 2.61.